The van der Waals surface area contributed by atoms with Crippen LogP contribution in [-0.2, 0) is 4.43 Å². The van der Waals surface area contributed by atoms with Crippen LogP contribution in [0.15, 0.2) is 0 Å². The third-order valence-corrected chi connectivity index (χ3v) is 7.70. The first kappa shape index (κ1) is 10.3. The van der Waals surface area contributed by atoms with Crippen LogP contribution in [-0.4, -0.2) is 14.9 Å². The molecule has 0 aromatic rings. The molecule has 1 aliphatic rings. The van der Waals surface area contributed by atoms with Gasteiger partial charge in [0, 0.05) is 6.61 Å². The van der Waals surface area contributed by atoms with Crippen molar-refractivity contribution in [2.24, 2.45) is 0 Å². The molecule has 72 valence electrons. The normalized spacial score (nSPS) is 30.5. The molecule has 0 aliphatic carbocycles. The van der Waals surface area contributed by atoms with Crippen LogP contribution in [0.2, 0.25) is 18.1 Å². The first-order chi connectivity index (χ1) is 5.83. The van der Waals surface area contributed by atoms with Crippen molar-refractivity contribution in [2.45, 2.75) is 57.7 Å². The minimum Gasteiger partial charge on any atom is -0.417 e. The monoisotopic (exact) mass is 186 g/mol. The zero-order valence-electron chi connectivity index (χ0n) is 8.57. The highest BCUT2D eigenvalue weighted by Crippen LogP contribution is 2.30. The molecule has 0 saturated carbocycles. The maximum absolute atomic E-state index is 6.06. The summed E-state index contributed by atoms with van der Waals surface area (Å²) in [7, 11) is -1.18. The molecule has 0 aromatic carbocycles. The Kier molecular flexibility index (Phi) is 4.30. The zero-order valence-corrected chi connectivity index (χ0v) is 9.57. The van der Waals surface area contributed by atoms with Crippen molar-refractivity contribution in [2.75, 3.05) is 6.61 Å². The second-order valence-electron chi connectivity index (χ2n) is 3.95. The molecule has 1 atom stereocenters. The second-order valence-corrected chi connectivity index (χ2v) is 8.31. The molecule has 1 aliphatic heterocycles. The van der Waals surface area contributed by atoms with E-state index >= 15 is 0 Å². The average molecular weight is 186 g/mol. The Morgan fingerprint density at radius 2 is 2.08 bits per heavy atom. The van der Waals surface area contributed by atoms with E-state index in [0.717, 1.165) is 6.61 Å². The van der Waals surface area contributed by atoms with Crippen LogP contribution in [0.4, 0.5) is 0 Å². The topological polar surface area (TPSA) is 9.23 Å². The van der Waals surface area contributed by atoms with E-state index in [1.54, 1.807) is 0 Å². The Balaban J connectivity index is 2.37. The highest BCUT2D eigenvalue weighted by atomic mass is 28.4. The Morgan fingerprint density at radius 1 is 1.25 bits per heavy atom. The van der Waals surface area contributed by atoms with E-state index in [1.165, 1.54) is 43.8 Å². The van der Waals surface area contributed by atoms with Gasteiger partial charge in [-0.2, -0.15) is 0 Å². The van der Waals surface area contributed by atoms with Crippen LogP contribution in [0.5, 0.6) is 0 Å². The Morgan fingerprint density at radius 3 is 2.58 bits per heavy atom. The fourth-order valence-corrected chi connectivity index (χ4v) is 5.98. The largest absolute Gasteiger partial charge is 0.417 e. The number of rotatable bonds is 4. The third-order valence-electron chi connectivity index (χ3n) is 3.07. The molecule has 0 radical (unpaired) electrons. The summed E-state index contributed by atoms with van der Waals surface area (Å²) in [6.45, 7) is 5.66. The first-order valence-electron chi connectivity index (χ1n) is 5.47. The van der Waals surface area contributed by atoms with E-state index in [0.29, 0.717) is 0 Å². The Labute approximate surface area is 77.6 Å². The molecule has 12 heavy (non-hydrogen) atoms. The Bertz CT molecular complexity index is 119. The summed E-state index contributed by atoms with van der Waals surface area (Å²) < 4.78 is 6.06. The van der Waals surface area contributed by atoms with Crippen LogP contribution in [0, 0.1) is 0 Å². The molecule has 1 heterocycles. The van der Waals surface area contributed by atoms with Crippen molar-refractivity contribution in [1.82, 2.24) is 0 Å². The van der Waals surface area contributed by atoms with Crippen molar-refractivity contribution < 1.29 is 4.43 Å². The predicted octanol–water partition coefficient (Wildman–Crippen LogP) is 3.56. The lowest BCUT2D eigenvalue weighted by Crippen LogP contribution is -2.40. The highest BCUT2D eigenvalue weighted by Gasteiger charge is 2.33. The summed E-state index contributed by atoms with van der Waals surface area (Å²) in [5, 5.41) is 0. The van der Waals surface area contributed by atoms with E-state index in [-0.39, 0.29) is 0 Å². The highest BCUT2D eigenvalue weighted by molar-refractivity contribution is 6.73. The molecular weight excluding hydrogens is 164 g/mol. The molecule has 1 saturated heterocycles. The lowest BCUT2D eigenvalue weighted by Gasteiger charge is -2.34. The number of unbranched alkanes of at least 4 members (excludes halogenated alkanes) is 1. The maximum Gasteiger partial charge on any atom is 0.192 e. The van der Waals surface area contributed by atoms with Gasteiger partial charge in [0.2, 0.25) is 0 Å². The molecule has 2 heteroatoms. The third kappa shape index (κ3) is 2.59. The van der Waals surface area contributed by atoms with E-state index in [9.17, 15) is 0 Å². The van der Waals surface area contributed by atoms with E-state index in [2.05, 4.69) is 13.8 Å². The van der Waals surface area contributed by atoms with Crippen molar-refractivity contribution in [3.63, 3.8) is 0 Å². The van der Waals surface area contributed by atoms with Gasteiger partial charge in [-0.1, -0.05) is 33.1 Å². The number of hydrogen-bond acceptors (Lipinski definition) is 1. The lowest BCUT2D eigenvalue weighted by molar-refractivity contribution is 0.265. The minimum absolute atomic E-state index is 1.06. The van der Waals surface area contributed by atoms with Gasteiger partial charge in [-0.25, -0.2) is 0 Å². The van der Waals surface area contributed by atoms with Gasteiger partial charge in [-0.05, 0) is 24.6 Å². The van der Waals surface area contributed by atoms with Crippen molar-refractivity contribution in [1.29, 1.82) is 0 Å². The van der Waals surface area contributed by atoms with Gasteiger partial charge < -0.3 is 4.43 Å². The molecule has 0 aromatic heterocycles. The van der Waals surface area contributed by atoms with Crippen LogP contribution in [0.25, 0.3) is 0 Å². The van der Waals surface area contributed by atoms with Gasteiger partial charge in [0.1, 0.15) is 0 Å². The summed E-state index contributed by atoms with van der Waals surface area (Å²) in [6.07, 6.45) is 5.46. The number of hydrogen-bond donors (Lipinski definition) is 0. The lowest BCUT2D eigenvalue weighted by atomic mass is 10.4. The molecule has 0 amide bonds. The molecule has 0 bridgehead atoms. The van der Waals surface area contributed by atoms with Gasteiger partial charge in [0.05, 0.1) is 0 Å². The van der Waals surface area contributed by atoms with Crippen molar-refractivity contribution in [3.8, 4) is 0 Å². The van der Waals surface area contributed by atoms with E-state index in [4.69, 9.17) is 4.43 Å². The summed E-state index contributed by atoms with van der Waals surface area (Å²) in [4.78, 5) is 0. The summed E-state index contributed by atoms with van der Waals surface area (Å²) in [5.41, 5.74) is 0. The van der Waals surface area contributed by atoms with Gasteiger partial charge in [-0.15, -0.1) is 0 Å². The molecule has 1 unspecified atom stereocenters. The molecule has 1 fully saturated rings. The van der Waals surface area contributed by atoms with Gasteiger partial charge in [0.25, 0.3) is 0 Å². The first-order valence-corrected chi connectivity index (χ1v) is 8.00. The van der Waals surface area contributed by atoms with E-state index in [1.807, 2.05) is 0 Å². The molecule has 1 nitrogen and oxygen atoms in total. The van der Waals surface area contributed by atoms with Crippen LogP contribution in [0.3, 0.4) is 0 Å². The Hall–Kier alpha value is 0.177. The zero-order chi connectivity index (χ0) is 8.86. The second kappa shape index (κ2) is 5.03. The van der Waals surface area contributed by atoms with Crippen molar-refractivity contribution >= 4 is 8.32 Å². The maximum atomic E-state index is 6.06. The predicted molar refractivity (Wildman–Crippen MR) is 55.9 cm³/mol. The SMILES string of the molecule is CCCC[Si]1(CC)CCCCO1. The molecule has 0 N–H and O–H groups in total. The average Bonchev–Trinajstić information content (AvgIpc) is 2.16. The fourth-order valence-electron chi connectivity index (χ4n) is 2.06. The van der Waals surface area contributed by atoms with Gasteiger partial charge in [0.15, 0.2) is 8.32 Å². The summed E-state index contributed by atoms with van der Waals surface area (Å²) >= 11 is 0. The standard InChI is InChI=1S/C10H22OSi/c1-3-5-9-12(4-2)10-7-6-8-11-12/h3-10H2,1-2H3. The molecule has 0 spiro atoms. The molecular formula is C10H22OSi. The summed E-state index contributed by atoms with van der Waals surface area (Å²) in [5.74, 6) is 0. The fraction of sp³-hybridized carbons (Fsp3) is 1.00. The smallest absolute Gasteiger partial charge is 0.192 e. The van der Waals surface area contributed by atoms with E-state index < -0.39 is 8.32 Å². The minimum atomic E-state index is -1.18. The van der Waals surface area contributed by atoms with Crippen LogP contribution < -0.4 is 0 Å². The molecule has 1 rings (SSSR count). The summed E-state index contributed by atoms with van der Waals surface area (Å²) in [6, 6.07) is 4.19. The van der Waals surface area contributed by atoms with Crippen LogP contribution >= 0.6 is 0 Å². The van der Waals surface area contributed by atoms with Gasteiger partial charge in [-0.3, -0.25) is 0 Å². The van der Waals surface area contributed by atoms with Crippen molar-refractivity contribution in [3.05, 3.63) is 0 Å². The quantitative estimate of drug-likeness (QED) is 0.610. The van der Waals surface area contributed by atoms with Gasteiger partial charge >= 0.3 is 0 Å². The van der Waals surface area contributed by atoms with Crippen LogP contribution in [0.1, 0.15) is 39.5 Å².